The predicted octanol–water partition coefficient (Wildman–Crippen LogP) is 2.09. The number of morpholine rings is 1. The van der Waals surface area contributed by atoms with Crippen LogP contribution < -0.4 is 10.6 Å². The van der Waals surface area contributed by atoms with Crippen LogP contribution in [0.25, 0.3) is 0 Å². The van der Waals surface area contributed by atoms with Crippen molar-refractivity contribution in [1.82, 2.24) is 20.7 Å². The van der Waals surface area contributed by atoms with E-state index in [2.05, 4.69) is 46.5 Å². The van der Waals surface area contributed by atoms with E-state index in [4.69, 9.17) is 9.26 Å². The van der Waals surface area contributed by atoms with Crippen molar-refractivity contribution in [2.75, 3.05) is 39.4 Å². The van der Waals surface area contributed by atoms with Crippen LogP contribution in [0, 0.1) is 5.92 Å². The fourth-order valence-corrected chi connectivity index (χ4v) is 2.88. The maximum absolute atomic E-state index is 5.48. The number of nitrogens with one attached hydrogen (secondary N) is 2. The molecule has 1 unspecified atom stereocenters. The van der Waals surface area contributed by atoms with Gasteiger partial charge in [-0.3, -0.25) is 4.90 Å². The highest BCUT2D eigenvalue weighted by Gasteiger charge is 2.22. The summed E-state index contributed by atoms with van der Waals surface area (Å²) in [5.41, 5.74) is 0.833. The van der Waals surface area contributed by atoms with Gasteiger partial charge in [-0.25, -0.2) is 4.99 Å². The minimum atomic E-state index is 0. The molecule has 1 aliphatic heterocycles. The number of aromatic nitrogens is 1. The first-order valence-corrected chi connectivity index (χ1v) is 8.92. The van der Waals surface area contributed by atoms with Crippen molar-refractivity contribution in [3.05, 3.63) is 18.0 Å². The van der Waals surface area contributed by atoms with Gasteiger partial charge in [0.1, 0.15) is 12.0 Å². The van der Waals surface area contributed by atoms with Gasteiger partial charge in [0.25, 0.3) is 0 Å². The smallest absolute Gasteiger partial charge is 0.191 e. The summed E-state index contributed by atoms with van der Waals surface area (Å²) in [6.07, 6.45) is 2.73. The van der Waals surface area contributed by atoms with Crippen LogP contribution in [0.2, 0.25) is 0 Å². The van der Waals surface area contributed by atoms with Crippen molar-refractivity contribution in [1.29, 1.82) is 0 Å². The molecule has 2 N–H and O–H groups in total. The summed E-state index contributed by atoms with van der Waals surface area (Å²) in [7, 11) is 0. The van der Waals surface area contributed by atoms with Crippen LogP contribution in [0.3, 0.4) is 0 Å². The fraction of sp³-hybridized carbons (Fsp3) is 0.765. The van der Waals surface area contributed by atoms with Crippen LogP contribution in [-0.4, -0.2) is 61.5 Å². The summed E-state index contributed by atoms with van der Waals surface area (Å²) in [5.74, 6) is 1.48. The van der Waals surface area contributed by atoms with Crippen molar-refractivity contribution in [2.24, 2.45) is 10.9 Å². The minimum absolute atomic E-state index is 0. The van der Waals surface area contributed by atoms with E-state index in [9.17, 15) is 0 Å². The maximum atomic E-state index is 5.48. The Morgan fingerprint density at radius 1 is 1.32 bits per heavy atom. The van der Waals surface area contributed by atoms with Gasteiger partial charge in [0.2, 0.25) is 0 Å². The zero-order valence-corrected chi connectivity index (χ0v) is 17.9. The van der Waals surface area contributed by atoms with Crippen molar-refractivity contribution in [3.8, 4) is 0 Å². The first kappa shape index (κ1) is 22.2. The largest absolute Gasteiger partial charge is 0.379 e. The van der Waals surface area contributed by atoms with E-state index in [0.29, 0.717) is 18.5 Å². The molecule has 8 heteroatoms. The van der Waals surface area contributed by atoms with E-state index in [-0.39, 0.29) is 24.0 Å². The van der Waals surface area contributed by atoms with Gasteiger partial charge >= 0.3 is 0 Å². The van der Waals surface area contributed by atoms with Crippen LogP contribution in [0.4, 0.5) is 0 Å². The van der Waals surface area contributed by atoms with Crippen molar-refractivity contribution in [3.63, 3.8) is 0 Å². The van der Waals surface area contributed by atoms with Crippen LogP contribution in [0.5, 0.6) is 0 Å². The Kier molecular flexibility index (Phi) is 11.1. The Hall–Kier alpha value is -0.870. The molecule has 0 amide bonds. The third kappa shape index (κ3) is 8.37. The lowest BCUT2D eigenvalue weighted by Gasteiger charge is -2.35. The molecule has 2 rings (SSSR count). The third-order valence-electron chi connectivity index (χ3n) is 4.05. The van der Waals surface area contributed by atoms with Crippen LogP contribution in [0.1, 0.15) is 32.9 Å². The highest BCUT2D eigenvalue weighted by atomic mass is 127. The van der Waals surface area contributed by atoms with E-state index in [1.54, 1.807) is 6.26 Å². The summed E-state index contributed by atoms with van der Waals surface area (Å²) in [4.78, 5) is 7.11. The summed E-state index contributed by atoms with van der Waals surface area (Å²) in [6.45, 7) is 12.5. The number of hydrogen-bond donors (Lipinski definition) is 2. The molecule has 1 aromatic rings. The monoisotopic (exact) mass is 465 g/mol. The molecule has 1 atom stereocenters. The van der Waals surface area contributed by atoms with E-state index in [1.807, 2.05) is 6.07 Å². The molecule has 0 saturated carbocycles. The molecule has 1 aromatic heterocycles. The summed E-state index contributed by atoms with van der Waals surface area (Å²) in [6, 6.07) is 2.33. The Bertz CT molecular complexity index is 475. The van der Waals surface area contributed by atoms with Gasteiger partial charge in [0, 0.05) is 38.3 Å². The highest BCUT2D eigenvalue weighted by molar-refractivity contribution is 14.0. The minimum Gasteiger partial charge on any atom is -0.379 e. The number of nitrogens with zero attached hydrogens (tertiary/aromatic N) is 3. The van der Waals surface area contributed by atoms with Gasteiger partial charge in [-0.15, -0.1) is 24.0 Å². The SMILES string of the molecule is CCNC(=NCc1ccon1)NCC(CC(C)C)N1CCOCC1.I. The summed E-state index contributed by atoms with van der Waals surface area (Å²) < 4.78 is 10.3. The topological polar surface area (TPSA) is 74.9 Å². The molecule has 0 bridgehead atoms. The standard InChI is InChI=1S/C17H31N5O2.HI/c1-4-18-17(19-12-15-5-8-24-21-15)20-13-16(11-14(2)3)22-6-9-23-10-7-22;/h5,8,14,16H,4,6-7,9-13H2,1-3H3,(H2,18,19,20);1H. The maximum Gasteiger partial charge on any atom is 0.191 e. The van der Waals surface area contributed by atoms with Crippen LogP contribution in [-0.2, 0) is 11.3 Å². The Morgan fingerprint density at radius 2 is 2.08 bits per heavy atom. The first-order chi connectivity index (χ1) is 11.7. The second-order valence-electron chi connectivity index (χ2n) is 6.50. The van der Waals surface area contributed by atoms with Crippen molar-refractivity contribution >= 4 is 29.9 Å². The second kappa shape index (κ2) is 12.5. The van der Waals surface area contributed by atoms with Crippen molar-refractivity contribution in [2.45, 2.75) is 39.8 Å². The molecule has 1 fully saturated rings. The van der Waals surface area contributed by atoms with Gasteiger partial charge in [-0.05, 0) is 19.3 Å². The number of rotatable bonds is 8. The Labute approximate surface area is 168 Å². The molecular formula is C17H32IN5O2. The fourth-order valence-electron chi connectivity index (χ4n) is 2.88. The molecule has 2 heterocycles. The summed E-state index contributed by atoms with van der Waals surface area (Å²) >= 11 is 0. The molecule has 0 radical (unpaired) electrons. The Balaban J connectivity index is 0.00000312. The van der Waals surface area contributed by atoms with Gasteiger partial charge in [-0.2, -0.15) is 0 Å². The molecule has 1 aliphatic rings. The van der Waals surface area contributed by atoms with Crippen molar-refractivity contribution < 1.29 is 9.26 Å². The quantitative estimate of drug-likeness (QED) is 0.348. The number of aliphatic imine (C=N–C) groups is 1. The van der Waals surface area contributed by atoms with E-state index in [0.717, 1.165) is 57.5 Å². The molecule has 1 saturated heterocycles. The second-order valence-corrected chi connectivity index (χ2v) is 6.50. The predicted molar refractivity (Wildman–Crippen MR) is 110 cm³/mol. The number of guanidine groups is 1. The van der Waals surface area contributed by atoms with Gasteiger partial charge in [-0.1, -0.05) is 19.0 Å². The number of hydrogen-bond acceptors (Lipinski definition) is 5. The molecular weight excluding hydrogens is 433 g/mol. The lowest BCUT2D eigenvalue weighted by atomic mass is 10.0. The molecule has 144 valence electrons. The average molecular weight is 465 g/mol. The Morgan fingerprint density at radius 3 is 2.68 bits per heavy atom. The van der Waals surface area contributed by atoms with Gasteiger partial charge in [0.05, 0.1) is 19.8 Å². The third-order valence-corrected chi connectivity index (χ3v) is 4.05. The van der Waals surface area contributed by atoms with E-state index in [1.165, 1.54) is 0 Å². The van der Waals surface area contributed by atoms with E-state index >= 15 is 0 Å². The van der Waals surface area contributed by atoms with Gasteiger partial charge < -0.3 is 19.9 Å². The number of halogens is 1. The zero-order chi connectivity index (χ0) is 17.2. The van der Waals surface area contributed by atoms with Gasteiger partial charge in [0.15, 0.2) is 5.96 Å². The molecule has 7 nitrogen and oxygen atoms in total. The molecule has 0 aliphatic carbocycles. The normalized spacial score (nSPS) is 17.2. The highest BCUT2D eigenvalue weighted by Crippen LogP contribution is 2.13. The summed E-state index contributed by atoms with van der Waals surface area (Å²) in [5, 5.41) is 10.7. The number of ether oxygens (including phenoxy) is 1. The molecule has 0 spiro atoms. The van der Waals surface area contributed by atoms with E-state index < -0.39 is 0 Å². The lowest BCUT2D eigenvalue weighted by Crippen LogP contribution is -2.51. The molecule has 25 heavy (non-hydrogen) atoms. The molecule has 0 aromatic carbocycles. The lowest BCUT2D eigenvalue weighted by molar-refractivity contribution is 0.0132. The first-order valence-electron chi connectivity index (χ1n) is 8.92. The van der Waals surface area contributed by atoms with Crippen LogP contribution in [0.15, 0.2) is 21.8 Å². The van der Waals surface area contributed by atoms with Crippen LogP contribution >= 0.6 is 24.0 Å². The zero-order valence-electron chi connectivity index (χ0n) is 15.5. The average Bonchev–Trinajstić information content (AvgIpc) is 3.10.